The van der Waals surface area contributed by atoms with E-state index in [0.29, 0.717) is 0 Å². The van der Waals surface area contributed by atoms with E-state index in [-0.39, 0.29) is 17.9 Å². The van der Waals surface area contributed by atoms with E-state index in [1.807, 2.05) is 47.4 Å². The zero-order valence-corrected chi connectivity index (χ0v) is 19.2. The molecule has 0 unspecified atom stereocenters. The van der Waals surface area contributed by atoms with Gasteiger partial charge in [-0.3, -0.25) is 4.79 Å². The third-order valence-electron chi connectivity index (χ3n) is 6.50. The van der Waals surface area contributed by atoms with Gasteiger partial charge < -0.3 is 9.64 Å². The van der Waals surface area contributed by atoms with Crippen molar-refractivity contribution in [1.29, 1.82) is 0 Å². The van der Waals surface area contributed by atoms with E-state index in [0.717, 1.165) is 28.1 Å². The van der Waals surface area contributed by atoms with Crippen molar-refractivity contribution >= 4 is 27.9 Å². The van der Waals surface area contributed by atoms with Crippen LogP contribution in [-0.2, 0) is 4.79 Å². The molecule has 3 heteroatoms. The fraction of sp³-hybridized carbons (Fsp3) is 0.167. The van der Waals surface area contributed by atoms with Gasteiger partial charge in [0.15, 0.2) is 0 Å². The largest absolute Gasteiger partial charge is 0.497 e. The van der Waals surface area contributed by atoms with Gasteiger partial charge in [-0.1, -0.05) is 72.3 Å². The number of rotatable bonds is 5. The number of methoxy groups -OCH3 is 1. The van der Waals surface area contributed by atoms with Gasteiger partial charge in [0.05, 0.1) is 19.1 Å². The first-order valence-corrected chi connectivity index (χ1v) is 11.3. The number of benzene rings is 4. The Labute approximate surface area is 194 Å². The minimum atomic E-state index is -0.235. The summed E-state index contributed by atoms with van der Waals surface area (Å²) in [6.45, 7) is 4.21. The van der Waals surface area contributed by atoms with E-state index >= 15 is 0 Å². The van der Waals surface area contributed by atoms with Crippen LogP contribution in [0.15, 0.2) is 103 Å². The van der Waals surface area contributed by atoms with E-state index in [1.54, 1.807) is 7.11 Å². The molecular formula is C30H27NO2. The van der Waals surface area contributed by atoms with Gasteiger partial charge >= 0.3 is 0 Å². The minimum Gasteiger partial charge on any atom is -0.497 e. The molecule has 33 heavy (non-hydrogen) atoms. The second-order valence-electron chi connectivity index (χ2n) is 8.72. The molecule has 0 N–H and O–H groups in total. The highest BCUT2D eigenvalue weighted by atomic mass is 16.5. The van der Waals surface area contributed by atoms with E-state index in [2.05, 4.69) is 68.4 Å². The number of anilines is 1. The third-order valence-corrected chi connectivity index (χ3v) is 6.50. The average molecular weight is 434 g/mol. The lowest BCUT2D eigenvalue weighted by Crippen LogP contribution is -2.55. The lowest BCUT2D eigenvalue weighted by molar-refractivity contribution is -0.127. The molecule has 0 radical (unpaired) electrons. The molecule has 0 saturated carbocycles. The summed E-state index contributed by atoms with van der Waals surface area (Å²) < 4.78 is 5.31. The lowest BCUT2D eigenvalue weighted by atomic mass is 9.73. The number of hydrogen-bond acceptors (Lipinski definition) is 2. The fourth-order valence-corrected chi connectivity index (χ4v) is 4.93. The Morgan fingerprint density at radius 2 is 1.45 bits per heavy atom. The molecule has 4 aromatic rings. The van der Waals surface area contributed by atoms with Crippen molar-refractivity contribution in [2.75, 3.05) is 12.0 Å². The van der Waals surface area contributed by atoms with Crippen LogP contribution < -0.4 is 9.64 Å². The van der Waals surface area contributed by atoms with Crippen LogP contribution >= 0.6 is 0 Å². The molecule has 0 spiro atoms. The van der Waals surface area contributed by atoms with Gasteiger partial charge in [-0.25, -0.2) is 0 Å². The summed E-state index contributed by atoms with van der Waals surface area (Å²) in [4.78, 5) is 15.7. The molecule has 1 fully saturated rings. The number of β-lactam (4-membered cyclic amide) rings is 1. The highest BCUT2D eigenvalue weighted by Gasteiger charge is 2.51. The van der Waals surface area contributed by atoms with Gasteiger partial charge in [-0.2, -0.15) is 0 Å². The maximum Gasteiger partial charge on any atom is 0.237 e. The molecule has 0 aliphatic carbocycles. The minimum absolute atomic E-state index is 0.0662. The number of nitrogens with zero attached hydrogens (tertiary/aromatic N) is 1. The molecule has 1 aliphatic rings. The van der Waals surface area contributed by atoms with Crippen molar-refractivity contribution in [1.82, 2.24) is 0 Å². The first kappa shape index (κ1) is 21.0. The Bertz CT molecular complexity index is 1330. The van der Waals surface area contributed by atoms with Gasteiger partial charge in [-0.05, 0) is 71.7 Å². The fourth-order valence-electron chi connectivity index (χ4n) is 4.93. The summed E-state index contributed by atoms with van der Waals surface area (Å²) in [5.74, 6) is 0.666. The molecule has 0 aromatic heterocycles. The van der Waals surface area contributed by atoms with Crippen molar-refractivity contribution < 1.29 is 9.53 Å². The number of fused-ring (bicyclic) bond motifs is 1. The molecule has 164 valence electrons. The summed E-state index contributed by atoms with van der Waals surface area (Å²) in [6, 6.07) is 32.9. The molecule has 3 nitrogen and oxygen atoms in total. The number of ether oxygens (including phenoxy) is 1. The topological polar surface area (TPSA) is 29.5 Å². The van der Waals surface area contributed by atoms with Crippen molar-refractivity contribution in [3.05, 3.63) is 114 Å². The molecular weight excluding hydrogens is 406 g/mol. The molecule has 1 heterocycles. The van der Waals surface area contributed by atoms with Crippen molar-refractivity contribution in [2.24, 2.45) is 5.92 Å². The summed E-state index contributed by atoms with van der Waals surface area (Å²) in [6.07, 6.45) is 0. The van der Waals surface area contributed by atoms with E-state index in [4.69, 9.17) is 4.74 Å². The SMILES string of the molecule is COc1ccc(N2C(=O)[C@@H](C(=C(C)C)c3ccc4ccccc4c3)[C@@H]2c2ccccc2)cc1. The van der Waals surface area contributed by atoms with Crippen LogP contribution in [-0.4, -0.2) is 13.0 Å². The first-order chi connectivity index (χ1) is 16.1. The second-order valence-corrected chi connectivity index (χ2v) is 8.72. The zero-order valence-electron chi connectivity index (χ0n) is 19.2. The highest BCUT2D eigenvalue weighted by molar-refractivity contribution is 6.11. The summed E-state index contributed by atoms with van der Waals surface area (Å²) in [7, 11) is 1.65. The predicted molar refractivity (Wildman–Crippen MR) is 135 cm³/mol. The molecule has 0 bridgehead atoms. The highest BCUT2D eigenvalue weighted by Crippen LogP contribution is 2.50. The number of amides is 1. The molecule has 4 aromatic carbocycles. The Balaban J connectivity index is 1.61. The van der Waals surface area contributed by atoms with Crippen LogP contribution in [0.2, 0.25) is 0 Å². The predicted octanol–water partition coefficient (Wildman–Crippen LogP) is 7.05. The van der Waals surface area contributed by atoms with Crippen LogP contribution in [0.1, 0.15) is 31.0 Å². The van der Waals surface area contributed by atoms with Gasteiger partial charge in [-0.15, -0.1) is 0 Å². The van der Waals surface area contributed by atoms with E-state index in [9.17, 15) is 4.79 Å². The molecule has 1 amide bonds. The Hall–Kier alpha value is -3.85. The van der Waals surface area contributed by atoms with Crippen molar-refractivity contribution in [3.8, 4) is 5.75 Å². The summed E-state index contributed by atoms with van der Waals surface area (Å²) >= 11 is 0. The second kappa shape index (κ2) is 8.59. The van der Waals surface area contributed by atoms with Crippen LogP contribution in [0.4, 0.5) is 5.69 Å². The standard InChI is InChI=1S/C30H27NO2/c1-20(2)27(24-14-13-21-9-7-8-12-23(21)19-24)28-29(22-10-5-4-6-11-22)31(30(28)32)25-15-17-26(33-3)18-16-25/h4-19,28-29H,1-3H3/t28-,29-/m0/s1. The van der Waals surface area contributed by atoms with Gasteiger partial charge in [0, 0.05) is 5.69 Å². The maximum atomic E-state index is 13.7. The average Bonchev–Trinajstić information content (AvgIpc) is 2.85. The normalized spacial score (nSPS) is 17.5. The van der Waals surface area contributed by atoms with Crippen molar-refractivity contribution in [3.63, 3.8) is 0 Å². The molecule has 1 saturated heterocycles. The van der Waals surface area contributed by atoms with Gasteiger partial charge in [0.2, 0.25) is 5.91 Å². The molecule has 5 rings (SSSR count). The quantitative estimate of drug-likeness (QED) is 0.316. The van der Waals surface area contributed by atoms with E-state index in [1.165, 1.54) is 16.3 Å². The molecule has 2 atom stereocenters. The Morgan fingerprint density at radius 3 is 2.12 bits per heavy atom. The maximum absolute atomic E-state index is 13.7. The monoisotopic (exact) mass is 433 g/mol. The van der Waals surface area contributed by atoms with E-state index < -0.39 is 0 Å². The van der Waals surface area contributed by atoms with Crippen LogP contribution in [0.3, 0.4) is 0 Å². The smallest absolute Gasteiger partial charge is 0.237 e. The van der Waals surface area contributed by atoms with Crippen molar-refractivity contribution in [2.45, 2.75) is 19.9 Å². The van der Waals surface area contributed by atoms with Gasteiger partial charge in [0.1, 0.15) is 5.75 Å². The summed E-state index contributed by atoms with van der Waals surface area (Å²) in [5, 5.41) is 2.39. The van der Waals surface area contributed by atoms with Crippen LogP contribution in [0, 0.1) is 5.92 Å². The number of allylic oxidation sites excluding steroid dienone is 1. The number of carbonyl (C=O) groups is 1. The molecule has 1 aliphatic heterocycles. The van der Waals surface area contributed by atoms with Gasteiger partial charge in [0.25, 0.3) is 0 Å². The summed E-state index contributed by atoms with van der Waals surface area (Å²) in [5.41, 5.74) is 5.42. The number of carbonyl (C=O) groups excluding carboxylic acids is 1. The Kier molecular flexibility index (Phi) is 5.47. The lowest BCUT2D eigenvalue weighted by Gasteiger charge is -2.49. The van der Waals surface area contributed by atoms with Crippen LogP contribution in [0.5, 0.6) is 5.75 Å². The first-order valence-electron chi connectivity index (χ1n) is 11.3. The zero-order chi connectivity index (χ0) is 22.9. The number of hydrogen-bond donors (Lipinski definition) is 0. The van der Waals surface area contributed by atoms with Crippen LogP contribution in [0.25, 0.3) is 16.3 Å². The Morgan fingerprint density at radius 1 is 0.788 bits per heavy atom. The third kappa shape index (κ3) is 3.70.